The highest BCUT2D eigenvalue weighted by molar-refractivity contribution is 6.32. The second-order valence-electron chi connectivity index (χ2n) is 3.36. The van der Waals surface area contributed by atoms with Crippen molar-refractivity contribution in [1.82, 2.24) is 4.98 Å². The summed E-state index contributed by atoms with van der Waals surface area (Å²) in [5.41, 5.74) is 3.12. The maximum absolute atomic E-state index is 9.31. The number of nitrogens with zero attached hydrogens (tertiary/aromatic N) is 1. The highest BCUT2D eigenvalue weighted by Crippen LogP contribution is 2.30. The Morgan fingerprint density at radius 1 is 1.27 bits per heavy atom. The van der Waals surface area contributed by atoms with E-state index in [2.05, 4.69) is 4.98 Å². The van der Waals surface area contributed by atoms with E-state index < -0.39 is 0 Å². The van der Waals surface area contributed by atoms with Crippen LogP contribution in [0.5, 0.6) is 5.75 Å². The second-order valence-corrected chi connectivity index (χ2v) is 3.76. The zero-order chi connectivity index (χ0) is 10.8. The number of hydrogen-bond acceptors (Lipinski definition) is 2. The van der Waals surface area contributed by atoms with Gasteiger partial charge in [-0.2, -0.15) is 0 Å². The Hall–Kier alpha value is -1.54. The molecule has 0 fully saturated rings. The van der Waals surface area contributed by atoms with Gasteiger partial charge in [0.05, 0.1) is 5.02 Å². The van der Waals surface area contributed by atoms with Crippen molar-refractivity contribution >= 4 is 11.6 Å². The van der Waals surface area contributed by atoms with Crippen LogP contribution in [0.4, 0.5) is 0 Å². The zero-order valence-electron chi connectivity index (χ0n) is 8.24. The van der Waals surface area contributed by atoms with Gasteiger partial charge in [-0.15, -0.1) is 0 Å². The number of phenols is 1. The molecule has 0 aliphatic heterocycles. The van der Waals surface area contributed by atoms with Crippen LogP contribution in [-0.2, 0) is 0 Å². The SMILES string of the molecule is Cc1ccncc1-c1ccc(O)c(Cl)c1. The van der Waals surface area contributed by atoms with E-state index in [9.17, 15) is 5.11 Å². The van der Waals surface area contributed by atoms with Crippen LogP contribution in [0.15, 0.2) is 36.7 Å². The van der Waals surface area contributed by atoms with Crippen molar-refractivity contribution in [3.05, 3.63) is 47.2 Å². The molecule has 0 radical (unpaired) electrons. The summed E-state index contributed by atoms with van der Waals surface area (Å²) in [7, 11) is 0. The molecule has 2 aromatic rings. The van der Waals surface area contributed by atoms with Crippen LogP contribution in [-0.4, -0.2) is 10.1 Å². The van der Waals surface area contributed by atoms with Crippen LogP contribution in [0.2, 0.25) is 5.02 Å². The van der Waals surface area contributed by atoms with E-state index in [0.29, 0.717) is 5.02 Å². The van der Waals surface area contributed by atoms with Crippen molar-refractivity contribution in [2.75, 3.05) is 0 Å². The maximum atomic E-state index is 9.31. The van der Waals surface area contributed by atoms with Gasteiger partial charge in [-0.3, -0.25) is 4.98 Å². The molecule has 0 saturated carbocycles. The monoisotopic (exact) mass is 219 g/mol. The number of aromatic nitrogens is 1. The molecular weight excluding hydrogens is 210 g/mol. The molecule has 0 unspecified atom stereocenters. The third kappa shape index (κ3) is 1.95. The normalized spacial score (nSPS) is 10.3. The summed E-state index contributed by atoms with van der Waals surface area (Å²) in [6, 6.07) is 7.09. The highest BCUT2D eigenvalue weighted by atomic mass is 35.5. The number of hydrogen-bond donors (Lipinski definition) is 1. The number of rotatable bonds is 1. The molecule has 1 aromatic carbocycles. The number of pyridine rings is 1. The van der Waals surface area contributed by atoms with Gasteiger partial charge in [-0.05, 0) is 36.2 Å². The minimum Gasteiger partial charge on any atom is -0.506 e. The van der Waals surface area contributed by atoms with Crippen molar-refractivity contribution < 1.29 is 5.11 Å². The zero-order valence-corrected chi connectivity index (χ0v) is 8.99. The van der Waals surface area contributed by atoms with Gasteiger partial charge in [0, 0.05) is 18.0 Å². The smallest absolute Gasteiger partial charge is 0.134 e. The molecule has 2 nitrogen and oxygen atoms in total. The lowest BCUT2D eigenvalue weighted by Gasteiger charge is -2.05. The van der Waals surface area contributed by atoms with Gasteiger partial charge >= 0.3 is 0 Å². The first-order valence-corrected chi connectivity index (χ1v) is 4.96. The van der Waals surface area contributed by atoms with Crippen LogP contribution < -0.4 is 0 Å². The average Bonchev–Trinajstić information content (AvgIpc) is 2.23. The summed E-state index contributed by atoms with van der Waals surface area (Å²) in [6.07, 6.45) is 3.54. The average molecular weight is 220 g/mol. The van der Waals surface area contributed by atoms with Gasteiger partial charge in [0.1, 0.15) is 5.75 Å². The summed E-state index contributed by atoms with van der Waals surface area (Å²) < 4.78 is 0. The summed E-state index contributed by atoms with van der Waals surface area (Å²) >= 11 is 5.85. The van der Waals surface area contributed by atoms with E-state index in [4.69, 9.17) is 11.6 Å². The van der Waals surface area contributed by atoms with E-state index in [0.717, 1.165) is 16.7 Å². The summed E-state index contributed by atoms with van der Waals surface area (Å²) in [5, 5.41) is 9.67. The molecule has 2 rings (SSSR count). The van der Waals surface area contributed by atoms with Crippen LogP contribution in [0, 0.1) is 6.92 Å². The van der Waals surface area contributed by atoms with Gasteiger partial charge < -0.3 is 5.11 Å². The Balaban J connectivity index is 2.55. The second kappa shape index (κ2) is 3.91. The fourth-order valence-corrected chi connectivity index (χ4v) is 1.62. The molecule has 1 heterocycles. The van der Waals surface area contributed by atoms with Crippen LogP contribution in [0.3, 0.4) is 0 Å². The molecular formula is C12H10ClNO. The molecule has 0 atom stereocenters. The minimum atomic E-state index is 0.0990. The van der Waals surface area contributed by atoms with Gasteiger partial charge in [0.25, 0.3) is 0 Å². The van der Waals surface area contributed by atoms with E-state index >= 15 is 0 Å². The Morgan fingerprint density at radius 3 is 2.73 bits per heavy atom. The van der Waals surface area contributed by atoms with Crippen molar-refractivity contribution in [2.24, 2.45) is 0 Å². The lowest BCUT2D eigenvalue weighted by molar-refractivity contribution is 0.475. The molecule has 0 aliphatic rings. The maximum Gasteiger partial charge on any atom is 0.134 e. The minimum absolute atomic E-state index is 0.0990. The van der Waals surface area contributed by atoms with Crippen molar-refractivity contribution in [3.63, 3.8) is 0 Å². The number of aryl methyl sites for hydroxylation is 1. The molecule has 0 amide bonds. The molecule has 1 N–H and O–H groups in total. The lowest BCUT2D eigenvalue weighted by Crippen LogP contribution is -1.84. The molecule has 15 heavy (non-hydrogen) atoms. The van der Waals surface area contributed by atoms with Crippen LogP contribution >= 0.6 is 11.6 Å². The first-order chi connectivity index (χ1) is 7.18. The molecule has 0 bridgehead atoms. The predicted molar refractivity (Wildman–Crippen MR) is 61.1 cm³/mol. The van der Waals surface area contributed by atoms with E-state index in [1.807, 2.05) is 19.1 Å². The summed E-state index contributed by atoms with van der Waals surface area (Å²) in [4.78, 5) is 4.07. The molecule has 0 saturated heterocycles. The molecule has 76 valence electrons. The Morgan fingerprint density at radius 2 is 2.07 bits per heavy atom. The lowest BCUT2D eigenvalue weighted by atomic mass is 10.0. The fourth-order valence-electron chi connectivity index (χ4n) is 1.44. The van der Waals surface area contributed by atoms with E-state index in [-0.39, 0.29) is 5.75 Å². The topological polar surface area (TPSA) is 33.1 Å². The Kier molecular flexibility index (Phi) is 2.60. The van der Waals surface area contributed by atoms with Crippen LogP contribution in [0.1, 0.15) is 5.56 Å². The number of phenolic OH excluding ortho intramolecular Hbond substituents is 1. The highest BCUT2D eigenvalue weighted by Gasteiger charge is 2.04. The number of halogens is 1. The molecule has 0 spiro atoms. The molecule has 1 aromatic heterocycles. The van der Waals surface area contributed by atoms with Crippen LogP contribution in [0.25, 0.3) is 11.1 Å². The van der Waals surface area contributed by atoms with E-state index in [1.165, 1.54) is 0 Å². The Bertz CT molecular complexity index is 497. The number of benzene rings is 1. The first kappa shape index (κ1) is 9.99. The van der Waals surface area contributed by atoms with E-state index in [1.54, 1.807) is 24.5 Å². The van der Waals surface area contributed by atoms with Crippen molar-refractivity contribution in [2.45, 2.75) is 6.92 Å². The third-order valence-corrected chi connectivity index (χ3v) is 2.60. The van der Waals surface area contributed by atoms with Gasteiger partial charge in [-0.25, -0.2) is 0 Å². The van der Waals surface area contributed by atoms with Crippen molar-refractivity contribution in [3.8, 4) is 16.9 Å². The quantitative estimate of drug-likeness (QED) is 0.797. The molecule has 0 aliphatic carbocycles. The Labute approximate surface area is 93.2 Å². The standard InChI is InChI=1S/C12H10ClNO/c1-8-4-5-14-7-10(8)9-2-3-12(15)11(13)6-9/h2-7,15H,1H3. The van der Waals surface area contributed by atoms with Crippen molar-refractivity contribution in [1.29, 1.82) is 0 Å². The summed E-state index contributed by atoms with van der Waals surface area (Å²) in [5.74, 6) is 0.0990. The van der Waals surface area contributed by atoms with Gasteiger partial charge in [0.15, 0.2) is 0 Å². The van der Waals surface area contributed by atoms with Gasteiger partial charge in [-0.1, -0.05) is 17.7 Å². The largest absolute Gasteiger partial charge is 0.506 e. The fraction of sp³-hybridized carbons (Fsp3) is 0.0833. The van der Waals surface area contributed by atoms with Gasteiger partial charge in [0.2, 0.25) is 0 Å². The third-order valence-electron chi connectivity index (χ3n) is 2.30. The summed E-state index contributed by atoms with van der Waals surface area (Å²) in [6.45, 7) is 2.01. The number of aromatic hydroxyl groups is 1. The molecule has 3 heteroatoms. The first-order valence-electron chi connectivity index (χ1n) is 4.58. The predicted octanol–water partition coefficient (Wildman–Crippen LogP) is 3.42.